The molecule has 1 aromatic rings. The van der Waals surface area contributed by atoms with Gasteiger partial charge in [-0.05, 0) is 37.1 Å². The van der Waals surface area contributed by atoms with E-state index in [1.807, 2.05) is 31.3 Å². The van der Waals surface area contributed by atoms with Gasteiger partial charge in [-0.1, -0.05) is 0 Å². The molecule has 1 atom stereocenters. The first-order valence-corrected chi connectivity index (χ1v) is 7.02. The van der Waals surface area contributed by atoms with E-state index in [4.69, 9.17) is 14.2 Å². The Balaban J connectivity index is 1.49. The van der Waals surface area contributed by atoms with Crippen molar-refractivity contribution in [1.82, 2.24) is 0 Å². The number of rotatable bonds is 4. The lowest BCUT2D eigenvalue weighted by molar-refractivity contribution is -0.164. The van der Waals surface area contributed by atoms with Crippen molar-refractivity contribution >= 4 is 5.69 Å². The zero-order valence-corrected chi connectivity index (χ0v) is 11.4. The lowest BCUT2D eigenvalue weighted by Gasteiger charge is -2.21. The number of hydrogen-bond donors (Lipinski definition) is 1. The van der Waals surface area contributed by atoms with Crippen LogP contribution in [0.15, 0.2) is 24.3 Å². The Morgan fingerprint density at radius 1 is 1.26 bits per heavy atom. The first kappa shape index (κ1) is 12.8. The van der Waals surface area contributed by atoms with Crippen molar-refractivity contribution in [2.75, 3.05) is 25.6 Å². The van der Waals surface area contributed by atoms with Crippen LogP contribution in [-0.2, 0) is 9.47 Å². The highest BCUT2D eigenvalue weighted by atomic mass is 16.8. The fourth-order valence-electron chi connectivity index (χ4n) is 2.78. The van der Waals surface area contributed by atoms with Crippen LogP contribution in [0.25, 0.3) is 0 Å². The summed E-state index contributed by atoms with van der Waals surface area (Å²) in [5.41, 5.74) is 1.08. The van der Waals surface area contributed by atoms with Gasteiger partial charge in [0.1, 0.15) is 18.5 Å². The second-order valence-corrected chi connectivity index (χ2v) is 5.25. The Morgan fingerprint density at radius 2 is 2.00 bits per heavy atom. The fourth-order valence-corrected chi connectivity index (χ4v) is 2.78. The van der Waals surface area contributed by atoms with Crippen molar-refractivity contribution in [1.29, 1.82) is 0 Å². The normalized spacial score (nSPS) is 24.8. The summed E-state index contributed by atoms with van der Waals surface area (Å²) in [5.74, 6) is 0.583. The molecule has 1 saturated heterocycles. The van der Waals surface area contributed by atoms with Gasteiger partial charge >= 0.3 is 0 Å². The first-order valence-electron chi connectivity index (χ1n) is 7.02. The predicted octanol–water partition coefficient (Wildman–Crippen LogP) is 2.79. The number of ether oxygens (including phenoxy) is 3. The van der Waals surface area contributed by atoms with Crippen LogP contribution >= 0.6 is 0 Å². The molecule has 0 radical (unpaired) electrons. The smallest absolute Gasteiger partial charge is 0.169 e. The summed E-state index contributed by atoms with van der Waals surface area (Å²) in [6, 6.07) is 7.93. The summed E-state index contributed by atoms with van der Waals surface area (Å²) >= 11 is 0. The van der Waals surface area contributed by atoms with Crippen LogP contribution in [0.5, 0.6) is 5.75 Å². The molecule has 1 spiro atoms. The minimum atomic E-state index is -0.288. The average Bonchev–Trinajstić information content (AvgIpc) is 3.08. The highest BCUT2D eigenvalue weighted by Gasteiger charge is 2.43. The van der Waals surface area contributed by atoms with Gasteiger partial charge in [0.15, 0.2) is 5.79 Å². The number of nitrogens with one attached hydrogen (secondary N) is 1. The first-order chi connectivity index (χ1) is 9.30. The van der Waals surface area contributed by atoms with E-state index in [0.29, 0.717) is 13.2 Å². The van der Waals surface area contributed by atoms with E-state index in [2.05, 4.69) is 5.32 Å². The summed E-state index contributed by atoms with van der Waals surface area (Å²) in [6.07, 6.45) is 4.53. The van der Waals surface area contributed by atoms with E-state index in [0.717, 1.165) is 24.3 Å². The molecule has 1 saturated carbocycles. The summed E-state index contributed by atoms with van der Waals surface area (Å²) in [4.78, 5) is 0. The standard InChI is InChI=1S/C15H21NO3/c1-16-12-4-6-13(7-5-12)17-10-14-11-18-15(19-14)8-2-3-9-15/h4-7,14,16H,2-3,8-11H2,1H3. The number of anilines is 1. The van der Waals surface area contributed by atoms with Gasteiger partial charge in [-0.3, -0.25) is 0 Å². The van der Waals surface area contributed by atoms with Crippen molar-refractivity contribution in [3.63, 3.8) is 0 Å². The molecule has 1 N–H and O–H groups in total. The van der Waals surface area contributed by atoms with Crippen molar-refractivity contribution in [2.24, 2.45) is 0 Å². The molecule has 2 aliphatic rings. The summed E-state index contributed by atoms with van der Waals surface area (Å²) in [7, 11) is 1.90. The molecule has 104 valence electrons. The van der Waals surface area contributed by atoms with Gasteiger partial charge in [0.2, 0.25) is 0 Å². The zero-order valence-electron chi connectivity index (χ0n) is 11.4. The Hall–Kier alpha value is -1.26. The molecule has 1 aromatic carbocycles. The number of hydrogen-bond acceptors (Lipinski definition) is 4. The Morgan fingerprint density at radius 3 is 2.68 bits per heavy atom. The molecule has 1 aliphatic carbocycles. The summed E-state index contributed by atoms with van der Waals surface area (Å²) in [6.45, 7) is 1.20. The van der Waals surface area contributed by atoms with E-state index in [9.17, 15) is 0 Å². The van der Waals surface area contributed by atoms with E-state index in [-0.39, 0.29) is 11.9 Å². The molecule has 4 nitrogen and oxygen atoms in total. The minimum absolute atomic E-state index is 0.0575. The molecule has 1 aliphatic heterocycles. The Bertz CT molecular complexity index is 412. The molecule has 4 heteroatoms. The molecular weight excluding hydrogens is 242 g/mol. The largest absolute Gasteiger partial charge is 0.491 e. The van der Waals surface area contributed by atoms with Crippen LogP contribution < -0.4 is 10.1 Å². The third-order valence-corrected chi connectivity index (χ3v) is 3.86. The third-order valence-electron chi connectivity index (χ3n) is 3.86. The average molecular weight is 263 g/mol. The second-order valence-electron chi connectivity index (χ2n) is 5.25. The van der Waals surface area contributed by atoms with Crippen LogP contribution in [-0.4, -0.2) is 32.2 Å². The predicted molar refractivity (Wildman–Crippen MR) is 73.5 cm³/mol. The van der Waals surface area contributed by atoms with Gasteiger partial charge in [-0.15, -0.1) is 0 Å². The molecule has 0 aromatic heterocycles. The van der Waals surface area contributed by atoms with Crippen molar-refractivity contribution in [3.8, 4) is 5.75 Å². The van der Waals surface area contributed by atoms with Crippen LogP contribution in [0.4, 0.5) is 5.69 Å². The molecule has 2 fully saturated rings. The fraction of sp³-hybridized carbons (Fsp3) is 0.600. The second kappa shape index (κ2) is 5.39. The van der Waals surface area contributed by atoms with Gasteiger partial charge < -0.3 is 19.5 Å². The van der Waals surface area contributed by atoms with Crippen molar-refractivity contribution in [3.05, 3.63) is 24.3 Å². The van der Waals surface area contributed by atoms with Gasteiger partial charge in [0, 0.05) is 25.6 Å². The maximum Gasteiger partial charge on any atom is 0.169 e. The lowest BCUT2D eigenvalue weighted by atomic mass is 10.2. The van der Waals surface area contributed by atoms with E-state index >= 15 is 0 Å². The Kier molecular flexibility index (Phi) is 3.62. The minimum Gasteiger partial charge on any atom is -0.491 e. The van der Waals surface area contributed by atoms with Gasteiger partial charge in [0.05, 0.1) is 6.61 Å². The van der Waals surface area contributed by atoms with E-state index in [1.165, 1.54) is 12.8 Å². The third kappa shape index (κ3) is 2.85. The maximum absolute atomic E-state index is 6.02. The topological polar surface area (TPSA) is 39.7 Å². The van der Waals surface area contributed by atoms with Crippen LogP contribution in [0.3, 0.4) is 0 Å². The zero-order chi connectivity index (χ0) is 13.1. The highest BCUT2D eigenvalue weighted by molar-refractivity contribution is 5.45. The van der Waals surface area contributed by atoms with Crippen molar-refractivity contribution in [2.45, 2.75) is 37.6 Å². The molecule has 19 heavy (non-hydrogen) atoms. The molecule has 1 unspecified atom stereocenters. The maximum atomic E-state index is 6.02. The molecular formula is C15H21NO3. The Labute approximate surface area is 114 Å². The molecule has 0 bridgehead atoms. The van der Waals surface area contributed by atoms with Crippen LogP contribution in [0, 0.1) is 0 Å². The lowest BCUT2D eigenvalue weighted by Crippen LogP contribution is -2.28. The summed E-state index contributed by atoms with van der Waals surface area (Å²) in [5, 5.41) is 3.08. The van der Waals surface area contributed by atoms with E-state index in [1.54, 1.807) is 0 Å². The van der Waals surface area contributed by atoms with Crippen LogP contribution in [0.1, 0.15) is 25.7 Å². The van der Waals surface area contributed by atoms with Gasteiger partial charge in [-0.25, -0.2) is 0 Å². The monoisotopic (exact) mass is 263 g/mol. The highest BCUT2D eigenvalue weighted by Crippen LogP contribution is 2.39. The number of benzene rings is 1. The molecule has 3 rings (SSSR count). The SMILES string of the molecule is CNc1ccc(OCC2COC3(CCCC3)O2)cc1. The summed E-state index contributed by atoms with van der Waals surface area (Å²) < 4.78 is 17.6. The van der Waals surface area contributed by atoms with E-state index < -0.39 is 0 Å². The molecule has 1 heterocycles. The quantitative estimate of drug-likeness (QED) is 0.906. The van der Waals surface area contributed by atoms with Gasteiger partial charge in [0.25, 0.3) is 0 Å². The molecule has 0 amide bonds. The van der Waals surface area contributed by atoms with Crippen molar-refractivity contribution < 1.29 is 14.2 Å². The van der Waals surface area contributed by atoms with Crippen LogP contribution in [0.2, 0.25) is 0 Å². The van der Waals surface area contributed by atoms with Gasteiger partial charge in [-0.2, -0.15) is 0 Å².